The van der Waals surface area contributed by atoms with Crippen LogP contribution in [0.1, 0.15) is 90.2 Å². The van der Waals surface area contributed by atoms with Crippen LogP contribution in [0.15, 0.2) is 72.8 Å². The molecule has 3 aromatic carbocycles. The van der Waals surface area contributed by atoms with Crippen LogP contribution in [0, 0.1) is 0 Å². The lowest BCUT2D eigenvalue weighted by molar-refractivity contribution is -0.148. The Hall–Kier alpha value is -3.07. The number of carbonyl (C=O) groups excluding carboxylic acids is 1. The van der Waals surface area contributed by atoms with Crippen LogP contribution in [-0.2, 0) is 9.53 Å². The fraction of sp³-hybridized carbons (Fsp3) is 0.424. The predicted molar refractivity (Wildman–Crippen MR) is 150 cm³/mol. The largest absolute Gasteiger partial charge is 0.494 e. The van der Waals surface area contributed by atoms with Crippen LogP contribution in [0.25, 0.3) is 22.3 Å². The van der Waals surface area contributed by atoms with Crippen molar-refractivity contribution in [3.05, 3.63) is 78.4 Å². The Morgan fingerprint density at radius 3 is 1.86 bits per heavy atom. The van der Waals surface area contributed by atoms with Gasteiger partial charge in [-0.3, -0.25) is 4.79 Å². The maximum atomic E-state index is 12.3. The Balaban J connectivity index is 1.60. The summed E-state index contributed by atoms with van der Waals surface area (Å²) in [5.74, 6) is 0.809. The van der Waals surface area contributed by atoms with Crippen LogP contribution < -0.4 is 4.74 Å². The molecule has 0 aliphatic carbocycles. The van der Waals surface area contributed by atoms with E-state index in [1.165, 1.54) is 36.8 Å². The van der Waals surface area contributed by atoms with Gasteiger partial charge < -0.3 is 9.47 Å². The lowest BCUT2D eigenvalue weighted by Crippen LogP contribution is -2.08. The van der Waals surface area contributed by atoms with Gasteiger partial charge in [0, 0.05) is 6.42 Å². The van der Waals surface area contributed by atoms with Gasteiger partial charge in [0.15, 0.2) is 0 Å². The van der Waals surface area contributed by atoms with Crippen molar-refractivity contribution in [1.82, 2.24) is 0 Å². The molecule has 1 unspecified atom stereocenters. The first-order valence-corrected chi connectivity index (χ1v) is 13.7. The third-order valence-corrected chi connectivity index (χ3v) is 6.59. The number of carbonyl (C=O) groups is 1. The van der Waals surface area contributed by atoms with Gasteiger partial charge in [-0.1, -0.05) is 113 Å². The van der Waals surface area contributed by atoms with Crippen molar-refractivity contribution >= 4 is 5.97 Å². The van der Waals surface area contributed by atoms with Gasteiger partial charge in [0.25, 0.3) is 0 Å². The molecule has 0 saturated carbocycles. The van der Waals surface area contributed by atoms with Crippen molar-refractivity contribution in [2.75, 3.05) is 6.61 Å². The number of hydrogen-bond acceptors (Lipinski definition) is 3. The van der Waals surface area contributed by atoms with E-state index >= 15 is 0 Å². The average molecular weight is 487 g/mol. The predicted octanol–water partition coefficient (Wildman–Crippen LogP) is 9.55. The van der Waals surface area contributed by atoms with E-state index in [0.717, 1.165) is 54.7 Å². The lowest BCUT2D eigenvalue weighted by Gasteiger charge is -2.15. The molecule has 36 heavy (non-hydrogen) atoms. The number of rotatable bonds is 15. The van der Waals surface area contributed by atoms with Gasteiger partial charge >= 0.3 is 5.97 Å². The van der Waals surface area contributed by atoms with E-state index in [1.807, 2.05) is 19.1 Å². The molecular formula is C33H42O3. The zero-order valence-corrected chi connectivity index (χ0v) is 22.3. The summed E-state index contributed by atoms with van der Waals surface area (Å²) in [4.78, 5) is 12.3. The molecule has 3 heteroatoms. The van der Waals surface area contributed by atoms with Crippen LogP contribution >= 0.6 is 0 Å². The third-order valence-electron chi connectivity index (χ3n) is 6.59. The zero-order valence-electron chi connectivity index (χ0n) is 22.3. The number of ether oxygens (including phenoxy) is 2. The van der Waals surface area contributed by atoms with Gasteiger partial charge in [-0.05, 0) is 59.7 Å². The molecule has 3 aromatic rings. The standard InChI is InChI=1S/C33H42O3/c1-4-6-8-9-10-11-16-33(34)36-26(3)27-17-19-28(20-18-27)31-14-12-13-15-32(31)29-21-23-30(24-22-29)35-25-7-5-2/h12-15,17-24,26H,4-11,16,25H2,1-3H3. The summed E-state index contributed by atoms with van der Waals surface area (Å²) >= 11 is 0. The van der Waals surface area contributed by atoms with Crippen LogP contribution in [0.3, 0.4) is 0 Å². The highest BCUT2D eigenvalue weighted by atomic mass is 16.5. The molecule has 3 nitrogen and oxygen atoms in total. The van der Waals surface area contributed by atoms with E-state index in [4.69, 9.17) is 9.47 Å². The Morgan fingerprint density at radius 1 is 0.694 bits per heavy atom. The molecule has 0 saturated heterocycles. The molecule has 0 bridgehead atoms. The molecule has 3 rings (SSSR count). The molecule has 1 atom stereocenters. The minimum absolute atomic E-state index is 0.102. The van der Waals surface area contributed by atoms with Crippen molar-refractivity contribution < 1.29 is 14.3 Å². The number of hydrogen-bond donors (Lipinski definition) is 0. The zero-order chi connectivity index (χ0) is 25.6. The van der Waals surface area contributed by atoms with E-state index in [-0.39, 0.29) is 12.1 Å². The van der Waals surface area contributed by atoms with Gasteiger partial charge in [-0.2, -0.15) is 0 Å². The van der Waals surface area contributed by atoms with E-state index in [9.17, 15) is 4.79 Å². The second kappa shape index (κ2) is 15.1. The normalized spacial score (nSPS) is 11.8. The Bertz CT molecular complexity index is 1040. The fourth-order valence-corrected chi connectivity index (χ4v) is 4.36. The summed E-state index contributed by atoms with van der Waals surface area (Å²) in [7, 11) is 0. The second-order valence-electron chi connectivity index (χ2n) is 9.54. The van der Waals surface area contributed by atoms with E-state index in [0.29, 0.717) is 6.42 Å². The molecule has 0 aliphatic heterocycles. The number of benzene rings is 3. The first kappa shape index (κ1) is 27.5. The van der Waals surface area contributed by atoms with E-state index in [1.54, 1.807) is 0 Å². The molecule has 0 aliphatic rings. The van der Waals surface area contributed by atoms with Crippen molar-refractivity contribution in [2.45, 2.75) is 84.7 Å². The van der Waals surface area contributed by atoms with Crippen molar-refractivity contribution in [1.29, 1.82) is 0 Å². The van der Waals surface area contributed by atoms with Crippen LogP contribution in [0.4, 0.5) is 0 Å². The second-order valence-corrected chi connectivity index (χ2v) is 9.54. The minimum atomic E-state index is -0.248. The van der Waals surface area contributed by atoms with Gasteiger partial charge in [0.2, 0.25) is 0 Å². The molecule has 0 heterocycles. The summed E-state index contributed by atoms with van der Waals surface area (Å²) in [6, 6.07) is 25.2. The van der Waals surface area contributed by atoms with Crippen molar-refractivity contribution in [2.24, 2.45) is 0 Å². The first-order chi connectivity index (χ1) is 17.6. The summed E-state index contributed by atoms with van der Waals surface area (Å²) in [5, 5.41) is 0. The van der Waals surface area contributed by atoms with Gasteiger partial charge in [0.05, 0.1) is 6.61 Å². The molecule has 0 radical (unpaired) electrons. The summed E-state index contributed by atoms with van der Waals surface area (Å²) in [6.45, 7) is 7.09. The van der Waals surface area contributed by atoms with Crippen LogP contribution in [-0.4, -0.2) is 12.6 Å². The summed E-state index contributed by atoms with van der Waals surface area (Å²) < 4.78 is 11.5. The highest BCUT2D eigenvalue weighted by Crippen LogP contribution is 2.33. The van der Waals surface area contributed by atoms with Gasteiger partial charge in [-0.25, -0.2) is 0 Å². The highest BCUT2D eigenvalue weighted by Gasteiger charge is 2.13. The molecule has 192 valence electrons. The molecule has 0 fully saturated rings. The quantitative estimate of drug-likeness (QED) is 0.158. The Kier molecular flexibility index (Phi) is 11.6. The maximum absolute atomic E-state index is 12.3. The Morgan fingerprint density at radius 2 is 1.25 bits per heavy atom. The van der Waals surface area contributed by atoms with Crippen LogP contribution in [0.5, 0.6) is 5.75 Å². The minimum Gasteiger partial charge on any atom is -0.494 e. The SMILES string of the molecule is CCCCCCCCC(=O)OC(C)c1ccc(-c2ccccc2-c2ccc(OCCCC)cc2)cc1. The molecular weight excluding hydrogens is 444 g/mol. The molecule has 0 aromatic heterocycles. The fourth-order valence-electron chi connectivity index (χ4n) is 4.36. The third kappa shape index (κ3) is 8.55. The molecule has 0 N–H and O–H groups in total. The molecule has 0 spiro atoms. The lowest BCUT2D eigenvalue weighted by atomic mass is 9.94. The summed E-state index contributed by atoms with van der Waals surface area (Å²) in [5.41, 5.74) is 5.68. The number of esters is 1. The average Bonchev–Trinajstić information content (AvgIpc) is 2.91. The van der Waals surface area contributed by atoms with Crippen molar-refractivity contribution in [3.8, 4) is 28.0 Å². The van der Waals surface area contributed by atoms with Gasteiger partial charge in [0.1, 0.15) is 11.9 Å². The highest BCUT2D eigenvalue weighted by molar-refractivity contribution is 5.83. The van der Waals surface area contributed by atoms with Crippen molar-refractivity contribution in [3.63, 3.8) is 0 Å². The summed E-state index contributed by atoms with van der Waals surface area (Å²) in [6.07, 6.45) is 9.46. The first-order valence-electron chi connectivity index (χ1n) is 13.7. The molecule has 0 amide bonds. The van der Waals surface area contributed by atoms with Crippen LogP contribution in [0.2, 0.25) is 0 Å². The maximum Gasteiger partial charge on any atom is 0.306 e. The monoisotopic (exact) mass is 486 g/mol. The van der Waals surface area contributed by atoms with Gasteiger partial charge in [-0.15, -0.1) is 0 Å². The van der Waals surface area contributed by atoms with E-state index in [2.05, 4.69) is 74.5 Å². The number of unbranched alkanes of at least 4 members (excludes halogenated alkanes) is 6. The van der Waals surface area contributed by atoms with E-state index < -0.39 is 0 Å². The topological polar surface area (TPSA) is 35.5 Å². The smallest absolute Gasteiger partial charge is 0.306 e. The Labute approximate surface area is 217 Å².